The summed E-state index contributed by atoms with van der Waals surface area (Å²) in [5, 5.41) is 0. The van der Waals surface area contributed by atoms with Crippen LogP contribution < -0.4 is 10.6 Å². The van der Waals surface area contributed by atoms with Crippen LogP contribution in [0.4, 0.5) is 11.4 Å². The highest BCUT2D eigenvalue weighted by molar-refractivity contribution is 5.99. The minimum atomic E-state index is -0.324. The minimum absolute atomic E-state index is 0.324. The highest BCUT2D eigenvalue weighted by atomic mass is 16.5. The number of rotatable bonds is 2. The molecule has 4 nitrogen and oxygen atoms in total. The molecule has 0 aliphatic carbocycles. The Hall–Kier alpha value is -1.71. The number of ether oxygens (including phenoxy) is 1. The molecule has 0 aromatic heterocycles. The van der Waals surface area contributed by atoms with Crippen molar-refractivity contribution in [1.29, 1.82) is 0 Å². The van der Waals surface area contributed by atoms with Gasteiger partial charge < -0.3 is 15.4 Å². The molecule has 0 unspecified atom stereocenters. The molecule has 0 radical (unpaired) electrons. The van der Waals surface area contributed by atoms with E-state index in [9.17, 15) is 4.79 Å². The Kier molecular flexibility index (Phi) is 4.45. The summed E-state index contributed by atoms with van der Waals surface area (Å²) < 4.78 is 4.88. The van der Waals surface area contributed by atoms with Crippen molar-refractivity contribution in [2.75, 3.05) is 30.8 Å². The molecule has 1 aromatic rings. The summed E-state index contributed by atoms with van der Waals surface area (Å²) in [6, 6.07) is 5.43. The van der Waals surface area contributed by atoms with E-state index in [1.165, 1.54) is 7.11 Å². The van der Waals surface area contributed by atoms with Crippen LogP contribution in [0.5, 0.6) is 0 Å². The van der Waals surface area contributed by atoms with Crippen LogP contribution >= 0.6 is 0 Å². The average molecular weight is 290 g/mol. The van der Waals surface area contributed by atoms with E-state index in [1.54, 1.807) is 12.1 Å². The van der Waals surface area contributed by atoms with Crippen molar-refractivity contribution in [1.82, 2.24) is 0 Å². The number of piperidine rings is 1. The Morgan fingerprint density at radius 3 is 2.43 bits per heavy atom. The van der Waals surface area contributed by atoms with Crippen molar-refractivity contribution in [2.45, 2.75) is 33.6 Å². The van der Waals surface area contributed by atoms with Gasteiger partial charge in [-0.3, -0.25) is 0 Å². The van der Waals surface area contributed by atoms with Gasteiger partial charge in [-0.05, 0) is 36.3 Å². The summed E-state index contributed by atoms with van der Waals surface area (Å²) in [6.07, 6.45) is 2.25. The Morgan fingerprint density at radius 1 is 1.29 bits per heavy atom. The van der Waals surface area contributed by atoms with E-state index in [2.05, 4.69) is 25.7 Å². The van der Waals surface area contributed by atoms with Crippen molar-refractivity contribution in [3.05, 3.63) is 23.8 Å². The van der Waals surface area contributed by atoms with E-state index in [-0.39, 0.29) is 5.97 Å². The number of anilines is 2. The zero-order valence-corrected chi connectivity index (χ0v) is 13.5. The normalized spacial score (nSPS) is 16.9. The predicted molar refractivity (Wildman–Crippen MR) is 86.6 cm³/mol. The van der Waals surface area contributed by atoms with Gasteiger partial charge in [-0.15, -0.1) is 0 Å². The Balaban J connectivity index is 2.22. The van der Waals surface area contributed by atoms with Gasteiger partial charge in [0.2, 0.25) is 0 Å². The molecule has 0 bridgehead atoms. The third-order valence-corrected chi connectivity index (χ3v) is 4.51. The van der Waals surface area contributed by atoms with Gasteiger partial charge in [0.05, 0.1) is 24.0 Å². The molecule has 1 fully saturated rings. The third-order valence-electron chi connectivity index (χ3n) is 4.51. The summed E-state index contributed by atoms with van der Waals surface area (Å²) in [4.78, 5) is 14.2. The first-order chi connectivity index (χ1) is 9.84. The average Bonchev–Trinajstić information content (AvgIpc) is 2.45. The molecule has 116 valence electrons. The van der Waals surface area contributed by atoms with Crippen molar-refractivity contribution in [3.63, 3.8) is 0 Å². The summed E-state index contributed by atoms with van der Waals surface area (Å²) >= 11 is 0. The highest BCUT2D eigenvalue weighted by Gasteiger charge is 2.30. The second-order valence-electron chi connectivity index (χ2n) is 6.86. The van der Waals surface area contributed by atoms with Crippen molar-refractivity contribution in [2.24, 2.45) is 11.3 Å². The van der Waals surface area contributed by atoms with Gasteiger partial charge >= 0.3 is 5.97 Å². The minimum Gasteiger partial charge on any atom is -0.465 e. The maximum atomic E-state index is 11.9. The van der Waals surface area contributed by atoms with Crippen LogP contribution in [0.25, 0.3) is 0 Å². The molecular formula is C17H26N2O2. The van der Waals surface area contributed by atoms with Crippen LogP contribution in [0.2, 0.25) is 0 Å². The lowest BCUT2D eigenvalue weighted by atomic mass is 9.75. The van der Waals surface area contributed by atoms with Crippen LogP contribution in [0.15, 0.2) is 18.2 Å². The Morgan fingerprint density at radius 2 is 1.90 bits per heavy atom. The zero-order chi connectivity index (χ0) is 15.6. The number of carbonyl (C=O) groups is 1. The number of hydrogen-bond donors (Lipinski definition) is 1. The van der Waals surface area contributed by atoms with Crippen LogP contribution in [0, 0.1) is 11.3 Å². The van der Waals surface area contributed by atoms with Crippen LogP contribution in [0.1, 0.15) is 44.0 Å². The zero-order valence-electron chi connectivity index (χ0n) is 13.5. The molecule has 2 N–H and O–H groups in total. The monoisotopic (exact) mass is 290 g/mol. The first-order valence-corrected chi connectivity index (χ1v) is 7.56. The van der Waals surface area contributed by atoms with E-state index in [1.807, 2.05) is 6.07 Å². The molecule has 1 aromatic carbocycles. The second kappa shape index (κ2) is 5.96. The number of carbonyl (C=O) groups excluding carboxylic acids is 1. The van der Waals surface area contributed by atoms with Gasteiger partial charge in [0, 0.05) is 13.1 Å². The summed E-state index contributed by atoms with van der Waals surface area (Å²) in [5.41, 5.74) is 8.49. The summed E-state index contributed by atoms with van der Waals surface area (Å²) in [5.74, 6) is 0.385. The number of methoxy groups -OCH3 is 1. The van der Waals surface area contributed by atoms with E-state index < -0.39 is 0 Å². The van der Waals surface area contributed by atoms with Crippen molar-refractivity contribution in [3.8, 4) is 0 Å². The lowest BCUT2D eigenvalue weighted by molar-refractivity contribution is 0.0601. The van der Waals surface area contributed by atoms with Crippen molar-refractivity contribution >= 4 is 17.3 Å². The molecule has 2 rings (SSSR count). The third kappa shape index (κ3) is 3.31. The number of para-hydroxylation sites is 1. The molecule has 1 aliphatic rings. The van der Waals surface area contributed by atoms with Crippen molar-refractivity contribution < 1.29 is 9.53 Å². The fourth-order valence-electron chi connectivity index (χ4n) is 3.16. The highest BCUT2D eigenvalue weighted by Crippen LogP contribution is 2.38. The lowest BCUT2D eigenvalue weighted by Gasteiger charge is -2.40. The molecule has 0 spiro atoms. The number of benzene rings is 1. The maximum Gasteiger partial charge on any atom is 0.340 e. The number of nitrogens with two attached hydrogens (primary N) is 1. The van der Waals surface area contributed by atoms with Crippen LogP contribution in [-0.4, -0.2) is 26.2 Å². The molecule has 0 saturated carbocycles. The molecule has 0 atom stereocenters. The number of esters is 1. The first-order valence-electron chi connectivity index (χ1n) is 7.56. The standard InChI is InChI=1S/C17H26N2O2/c1-17(2,3)12-8-10-19(11-9-12)15-13(16(20)21-4)6-5-7-14(15)18/h5-7,12H,8-11,18H2,1-4H3. The largest absolute Gasteiger partial charge is 0.465 e. The maximum absolute atomic E-state index is 11.9. The molecule has 1 heterocycles. The second-order valence-corrected chi connectivity index (χ2v) is 6.86. The van der Waals surface area contributed by atoms with Crippen LogP contribution in [0.3, 0.4) is 0 Å². The van der Waals surface area contributed by atoms with Crippen LogP contribution in [-0.2, 0) is 4.74 Å². The molecular weight excluding hydrogens is 264 g/mol. The SMILES string of the molecule is COC(=O)c1cccc(N)c1N1CCC(C(C)(C)C)CC1. The lowest BCUT2D eigenvalue weighted by Crippen LogP contribution is -2.39. The van der Waals surface area contributed by atoms with Gasteiger partial charge in [-0.25, -0.2) is 4.79 Å². The summed E-state index contributed by atoms with van der Waals surface area (Å²) in [7, 11) is 1.40. The number of nitrogens with zero attached hydrogens (tertiary/aromatic N) is 1. The predicted octanol–water partition coefficient (Wildman–Crippen LogP) is 3.32. The van der Waals surface area contributed by atoms with Gasteiger partial charge in [-0.1, -0.05) is 26.8 Å². The van der Waals surface area contributed by atoms with E-state index >= 15 is 0 Å². The van der Waals surface area contributed by atoms with Gasteiger partial charge in [0.25, 0.3) is 0 Å². The van der Waals surface area contributed by atoms with E-state index in [0.717, 1.165) is 31.6 Å². The molecule has 21 heavy (non-hydrogen) atoms. The fraction of sp³-hybridized carbons (Fsp3) is 0.588. The Bertz CT molecular complexity index is 512. The first kappa shape index (κ1) is 15.7. The molecule has 1 saturated heterocycles. The quantitative estimate of drug-likeness (QED) is 0.670. The van der Waals surface area contributed by atoms with Gasteiger partial charge in [0.15, 0.2) is 0 Å². The van der Waals surface area contributed by atoms with E-state index in [0.29, 0.717) is 22.6 Å². The number of hydrogen-bond acceptors (Lipinski definition) is 4. The number of nitrogen functional groups attached to an aromatic ring is 1. The van der Waals surface area contributed by atoms with Gasteiger partial charge in [-0.2, -0.15) is 0 Å². The molecule has 0 amide bonds. The Labute approximate surface area is 127 Å². The van der Waals surface area contributed by atoms with E-state index in [4.69, 9.17) is 10.5 Å². The van der Waals surface area contributed by atoms with Gasteiger partial charge in [0.1, 0.15) is 0 Å². The molecule has 4 heteroatoms. The fourth-order valence-corrected chi connectivity index (χ4v) is 3.16. The topological polar surface area (TPSA) is 55.6 Å². The summed E-state index contributed by atoms with van der Waals surface area (Å²) in [6.45, 7) is 8.75. The molecule has 1 aliphatic heterocycles. The smallest absolute Gasteiger partial charge is 0.340 e.